The van der Waals surface area contributed by atoms with Crippen molar-refractivity contribution in [1.29, 1.82) is 0 Å². The third-order valence-electron chi connectivity index (χ3n) is 2.25. The lowest BCUT2D eigenvalue weighted by atomic mass is 10.1. The van der Waals surface area contributed by atoms with E-state index in [2.05, 4.69) is 26.6 Å². The minimum absolute atomic E-state index is 0.0277. The summed E-state index contributed by atoms with van der Waals surface area (Å²) in [5, 5.41) is 5.98. The van der Waals surface area contributed by atoms with Gasteiger partial charge in [-0.25, -0.2) is 0 Å². The monoisotopic (exact) mass is 254 g/mol. The van der Waals surface area contributed by atoms with Crippen molar-refractivity contribution in [2.75, 3.05) is 11.9 Å². The highest BCUT2D eigenvalue weighted by atomic mass is 79.9. The molecule has 1 aliphatic rings. The number of amides is 1. The number of hydrogen-bond donors (Lipinski definition) is 2. The van der Waals surface area contributed by atoms with Gasteiger partial charge in [0.15, 0.2) is 0 Å². The van der Waals surface area contributed by atoms with E-state index in [1.165, 1.54) is 0 Å². The summed E-state index contributed by atoms with van der Waals surface area (Å²) in [5.74, 6) is 0.0277. The number of fused-ring (bicyclic) bond motifs is 1. The predicted molar refractivity (Wildman–Crippen MR) is 59.2 cm³/mol. The van der Waals surface area contributed by atoms with Gasteiger partial charge in [0.25, 0.3) is 0 Å². The molecule has 1 amide bonds. The maximum absolute atomic E-state index is 11.5. The number of hydrogen-bond acceptors (Lipinski definition) is 2. The van der Waals surface area contributed by atoms with Crippen LogP contribution < -0.4 is 10.6 Å². The van der Waals surface area contributed by atoms with Crippen molar-refractivity contribution in [3.05, 3.63) is 28.2 Å². The highest BCUT2D eigenvalue weighted by Crippen LogP contribution is 2.32. The molecule has 3 nitrogen and oxygen atoms in total. The Bertz CT molecular complexity index is 378. The Balaban J connectivity index is 2.37. The molecule has 1 atom stereocenters. The van der Waals surface area contributed by atoms with Crippen LogP contribution in [-0.4, -0.2) is 12.5 Å². The molecule has 0 bridgehead atoms. The zero-order valence-corrected chi connectivity index (χ0v) is 9.39. The summed E-state index contributed by atoms with van der Waals surface area (Å²) in [4.78, 5) is 11.5. The Morgan fingerprint density at radius 3 is 3.07 bits per heavy atom. The number of likely N-dealkylation sites (N-methyl/N-ethyl adjacent to an activating group) is 1. The largest absolute Gasteiger partial charge is 0.324 e. The van der Waals surface area contributed by atoms with Crippen molar-refractivity contribution in [3.8, 4) is 0 Å². The molecule has 1 heterocycles. The number of rotatable bonds is 2. The van der Waals surface area contributed by atoms with Gasteiger partial charge in [-0.3, -0.25) is 4.79 Å². The summed E-state index contributed by atoms with van der Waals surface area (Å²) in [5.41, 5.74) is 1.93. The van der Waals surface area contributed by atoms with E-state index in [1.807, 2.05) is 25.1 Å². The third-order valence-corrected chi connectivity index (χ3v) is 2.75. The fourth-order valence-corrected chi connectivity index (χ4v) is 2.00. The summed E-state index contributed by atoms with van der Waals surface area (Å²) >= 11 is 3.37. The molecule has 0 radical (unpaired) electrons. The molecule has 2 rings (SSSR count). The van der Waals surface area contributed by atoms with E-state index in [-0.39, 0.29) is 11.9 Å². The molecule has 1 aromatic carbocycles. The highest BCUT2D eigenvalue weighted by molar-refractivity contribution is 9.10. The van der Waals surface area contributed by atoms with Crippen LogP contribution in [0.3, 0.4) is 0 Å². The molecule has 0 spiro atoms. The molecule has 0 saturated carbocycles. The van der Waals surface area contributed by atoms with Crippen molar-refractivity contribution >= 4 is 27.5 Å². The van der Waals surface area contributed by atoms with Gasteiger partial charge in [-0.1, -0.05) is 28.9 Å². The SMILES string of the molecule is CCNC1C(=O)Nc2cc(Br)ccc21. The van der Waals surface area contributed by atoms with E-state index in [9.17, 15) is 4.79 Å². The Morgan fingerprint density at radius 2 is 2.36 bits per heavy atom. The van der Waals surface area contributed by atoms with Gasteiger partial charge in [0.2, 0.25) is 5.91 Å². The van der Waals surface area contributed by atoms with Crippen LogP contribution in [0.2, 0.25) is 0 Å². The fraction of sp³-hybridized carbons (Fsp3) is 0.300. The average molecular weight is 255 g/mol. The molecule has 2 N–H and O–H groups in total. The molecule has 0 fully saturated rings. The second-order valence-corrected chi connectivity index (χ2v) is 4.13. The van der Waals surface area contributed by atoms with Gasteiger partial charge in [0.05, 0.1) is 0 Å². The van der Waals surface area contributed by atoms with Crippen molar-refractivity contribution in [2.24, 2.45) is 0 Å². The van der Waals surface area contributed by atoms with Gasteiger partial charge in [-0.05, 0) is 18.7 Å². The van der Waals surface area contributed by atoms with E-state index >= 15 is 0 Å². The van der Waals surface area contributed by atoms with E-state index < -0.39 is 0 Å². The summed E-state index contributed by atoms with van der Waals surface area (Å²) in [6.45, 7) is 2.78. The molecular weight excluding hydrogens is 244 g/mol. The van der Waals surface area contributed by atoms with Gasteiger partial charge in [0.1, 0.15) is 6.04 Å². The second kappa shape index (κ2) is 3.71. The molecule has 0 aliphatic carbocycles. The molecule has 0 aromatic heterocycles. The van der Waals surface area contributed by atoms with Crippen molar-refractivity contribution in [1.82, 2.24) is 5.32 Å². The van der Waals surface area contributed by atoms with Crippen LogP contribution in [0.15, 0.2) is 22.7 Å². The second-order valence-electron chi connectivity index (χ2n) is 3.21. The number of halogens is 1. The Hall–Kier alpha value is -0.870. The smallest absolute Gasteiger partial charge is 0.246 e. The lowest BCUT2D eigenvalue weighted by Crippen LogP contribution is -2.27. The van der Waals surface area contributed by atoms with Gasteiger partial charge in [0, 0.05) is 15.7 Å². The minimum atomic E-state index is -0.192. The molecule has 1 unspecified atom stereocenters. The first-order valence-corrected chi connectivity index (χ1v) is 5.35. The van der Waals surface area contributed by atoms with Crippen LogP contribution >= 0.6 is 15.9 Å². The molecule has 1 aliphatic heterocycles. The molecule has 4 heteroatoms. The molecule has 1 aromatic rings. The first kappa shape index (κ1) is 9.68. The van der Waals surface area contributed by atoms with Gasteiger partial charge >= 0.3 is 0 Å². The van der Waals surface area contributed by atoms with Crippen LogP contribution in [0, 0.1) is 0 Å². The number of nitrogens with one attached hydrogen (secondary N) is 2. The summed E-state index contributed by atoms with van der Waals surface area (Å²) < 4.78 is 0.980. The lowest BCUT2D eigenvalue weighted by molar-refractivity contribution is -0.117. The van der Waals surface area contributed by atoms with E-state index in [0.717, 1.165) is 22.3 Å². The standard InChI is InChI=1S/C10H11BrN2O/c1-2-12-9-7-4-3-6(11)5-8(7)13-10(9)14/h3-5,9,12H,2H2,1H3,(H,13,14). The topological polar surface area (TPSA) is 41.1 Å². The highest BCUT2D eigenvalue weighted by Gasteiger charge is 2.29. The molecule has 74 valence electrons. The molecule has 0 saturated heterocycles. The Labute approximate surface area is 91.0 Å². The predicted octanol–water partition coefficient (Wildman–Crippen LogP) is 2.05. The van der Waals surface area contributed by atoms with Crippen LogP contribution in [0.4, 0.5) is 5.69 Å². The molecule has 14 heavy (non-hydrogen) atoms. The summed E-state index contributed by atoms with van der Waals surface area (Å²) in [7, 11) is 0. The Kier molecular flexibility index (Phi) is 2.56. The zero-order chi connectivity index (χ0) is 10.1. The third kappa shape index (κ3) is 1.55. The van der Waals surface area contributed by atoms with Crippen LogP contribution in [0.25, 0.3) is 0 Å². The van der Waals surface area contributed by atoms with Gasteiger partial charge in [-0.2, -0.15) is 0 Å². The number of benzene rings is 1. The van der Waals surface area contributed by atoms with Crippen LogP contribution in [0.1, 0.15) is 18.5 Å². The van der Waals surface area contributed by atoms with Crippen molar-refractivity contribution < 1.29 is 4.79 Å². The van der Waals surface area contributed by atoms with E-state index in [1.54, 1.807) is 0 Å². The fourth-order valence-electron chi connectivity index (χ4n) is 1.64. The number of anilines is 1. The van der Waals surface area contributed by atoms with Crippen LogP contribution in [-0.2, 0) is 4.79 Å². The summed E-state index contributed by atoms with van der Waals surface area (Å²) in [6.07, 6.45) is 0. The van der Waals surface area contributed by atoms with Gasteiger partial charge < -0.3 is 10.6 Å². The number of carbonyl (C=O) groups is 1. The first-order valence-electron chi connectivity index (χ1n) is 4.56. The van der Waals surface area contributed by atoms with E-state index in [0.29, 0.717) is 0 Å². The zero-order valence-electron chi connectivity index (χ0n) is 7.80. The maximum Gasteiger partial charge on any atom is 0.246 e. The normalized spacial score (nSPS) is 19.3. The van der Waals surface area contributed by atoms with Crippen molar-refractivity contribution in [3.63, 3.8) is 0 Å². The maximum atomic E-state index is 11.5. The first-order chi connectivity index (χ1) is 6.72. The minimum Gasteiger partial charge on any atom is -0.324 e. The average Bonchev–Trinajstić information content (AvgIpc) is 2.43. The van der Waals surface area contributed by atoms with Crippen LogP contribution in [0.5, 0.6) is 0 Å². The lowest BCUT2D eigenvalue weighted by Gasteiger charge is -2.08. The molecular formula is C10H11BrN2O. The summed E-state index contributed by atoms with van der Waals surface area (Å²) in [6, 6.07) is 5.64. The Morgan fingerprint density at radius 1 is 1.57 bits per heavy atom. The van der Waals surface area contributed by atoms with Gasteiger partial charge in [-0.15, -0.1) is 0 Å². The number of carbonyl (C=O) groups excluding carboxylic acids is 1. The van der Waals surface area contributed by atoms with Crippen molar-refractivity contribution in [2.45, 2.75) is 13.0 Å². The van der Waals surface area contributed by atoms with E-state index in [4.69, 9.17) is 0 Å². The quantitative estimate of drug-likeness (QED) is 0.849.